The van der Waals surface area contributed by atoms with E-state index in [-0.39, 0.29) is 18.6 Å². The van der Waals surface area contributed by atoms with Crippen LogP contribution >= 0.6 is 11.3 Å². The molecule has 1 aromatic carbocycles. The van der Waals surface area contributed by atoms with Crippen LogP contribution in [-0.4, -0.2) is 35.6 Å². The Balaban J connectivity index is 2.12. The molecule has 0 bridgehead atoms. The monoisotopic (exact) mass is 360 g/mol. The normalized spacial score (nSPS) is 13.1. The van der Waals surface area contributed by atoms with Gasteiger partial charge in [0.1, 0.15) is 0 Å². The van der Waals surface area contributed by atoms with Crippen molar-refractivity contribution < 1.29 is 14.7 Å². The van der Waals surface area contributed by atoms with E-state index in [1.54, 1.807) is 25.3 Å². The van der Waals surface area contributed by atoms with Crippen LogP contribution in [0.4, 0.5) is 4.79 Å². The Bertz CT molecular complexity index is 714. The maximum absolute atomic E-state index is 12.5. The number of hydrogen-bond donors (Lipinski definition) is 2. The van der Waals surface area contributed by atoms with E-state index in [4.69, 9.17) is 5.11 Å². The van der Waals surface area contributed by atoms with Crippen LogP contribution in [0.1, 0.15) is 29.0 Å². The highest BCUT2D eigenvalue weighted by molar-refractivity contribution is 7.10. The van der Waals surface area contributed by atoms with Crippen molar-refractivity contribution in [1.29, 1.82) is 0 Å². The van der Waals surface area contributed by atoms with Crippen molar-refractivity contribution in [2.75, 3.05) is 13.6 Å². The van der Waals surface area contributed by atoms with Crippen LogP contribution in [0.15, 0.2) is 41.8 Å². The summed E-state index contributed by atoms with van der Waals surface area (Å²) < 4.78 is 0. The summed E-state index contributed by atoms with van der Waals surface area (Å²) in [7, 11) is 1.62. The van der Waals surface area contributed by atoms with E-state index in [0.29, 0.717) is 6.42 Å². The third-order valence-electron chi connectivity index (χ3n) is 4.11. The standard InChI is InChI=1S/C19H24N2O3S/c1-13-9-10-25-17(13)16(11-15-7-5-4-6-8-15)20-19(24)21(3)12-14(2)18(22)23/h4-10,14,16H,11-12H2,1-3H3,(H,20,24)(H,22,23). The molecular weight excluding hydrogens is 336 g/mol. The minimum absolute atomic E-state index is 0.141. The molecule has 25 heavy (non-hydrogen) atoms. The fourth-order valence-corrected chi connectivity index (χ4v) is 3.61. The summed E-state index contributed by atoms with van der Waals surface area (Å²) in [4.78, 5) is 26.1. The number of carbonyl (C=O) groups is 2. The van der Waals surface area contributed by atoms with Crippen molar-refractivity contribution in [1.82, 2.24) is 10.2 Å². The molecule has 2 rings (SSSR count). The minimum atomic E-state index is -0.908. The number of benzene rings is 1. The van der Waals surface area contributed by atoms with Gasteiger partial charge in [-0.1, -0.05) is 37.3 Å². The first-order chi connectivity index (χ1) is 11.9. The third kappa shape index (κ3) is 5.32. The highest BCUT2D eigenvalue weighted by Crippen LogP contribution is 2.27. The predicted molar refractivity (Wildman–Crippen MR) is 99.9 cm³/mol. The van der Waals surface area contributed by atoms with Gasteiger partial charge in [0.05, 0.1) is 12.0 Å². The largest absolute Gasteiger partial charge is 0.481 e. The van der Waals surface area contributed by atoms with Crippen LogP contribution in [0.3, 0.4) is 0 Å². The molecule has 0 radical (unpaired) electrons. The molecule has 2 atom stereocenters. The minimum Gasteiger partial charge on any atom is -0.481 e. The first kappa shape index (κ1) is 19.0. The number of carboxylic acid groups (broad SMARTS) is 1. The smallest absolute Gasteiger partial charge is 0.317 e. The maximum atomic E-state index is 12.5. The van der Waals surface area contributed by atoms with Gasteiger partial charge < -0.3 is 15.3 Å². The van der Waals surface area contributed by atoms with E-state index >= 15 is 0 Å². The molecule has 2 unspecified atom stereocenters. The zero-order chi connectivity index (χ0) is 18.4. The summed E-state index contributed by atoms with van der Waals surface area (Å²) in [6.07, 6.45) is 0.691. The van der Waals surface area contributed by atoms with E-state index in [2.05, 4.69) is 5.32 Å². The molecule has 0 saturated carbocycles. The lowest BCUT2D eigenvalue weighted by atomic mass is 10.0. The molecule has 1 aromatic heterocycles. The number of hydrogen-bond acceptors (Lipinski definition) is 3. The second-order valence-corrected chi connectivity index (χ2v) is 7.23. The average Bonchev–Trinajstić information content (AvgIpc) is 3.00. The molecule has 0 spiro atoms. The Morgan fingerprint density at radius 3 is 2.48 bits per heavy atom. The molecule has 0 aliphatic rings. The number of carboxylic acids is 1. The lowest BCUT2D eigenvalue weighted by Crippen LogP contribution is -2.42. The Hall–Kier alpha value is -2.34. The van der Waals surface area contributed by atoms with Crippen molar-refractivity contribution in [2.45, 2.75) is 26.3 Å². The fourth-order valence-electron chi connectivity index (χ4n) is 2.63. The molecule has 0 aliphatic heterocycles. The van der Waals surface area contributed by atoms with Crippen molar-refractivity contribution in [3.05, 3.63) is 57.8 Å². The van der Waals surface area contributed by atoms with Gasteiger partial charge in [-0.15, -0.1) is 11.3 Å². The predicted octanol–water partition coefficient (Wildman–Crippen LogP) is 3.70. The van der Waals surface area contributed by atoms with Gasteiger partial charge in [-0.3, -0.25) is 4.79 Å². The van der Waals surface area contributed by atoms with Crippen LogP contribution in [0, 0.1) is 12.8 Å². The molecular formula is C19H24N2O3S. The first-order valence-electron chi connectivity index (χ1n) is 8.20. The molecule has 5 nitrogen and oxygen atoms in total. The van der Waals surface area contributed by atoms with Crippen LogP contribution < -0.4 is 5.32 Å². The number of nitrogens with zero attached hydrogens (tertiary/aromatic N) is 1. The molecule has 0 saturated heterocycles. The van der Waals surface area contributed by atoms with Gasteiger partial charge in [0.2, 0.25) is 0 Å². The number of amides is 2. The fraction of sp³-hybridized carbons (Fsp3) is 0.368. The highest BCUT2D eigenvalue weighted by Gasteiger charge is 2.22. The molecule has 1 heterocycles. The summed E-state index contributed by atoms with van der Waals surface area (Å²) in [5.41, 5.74) is 2.29. The van der Waals surface area contributed by atoms with Gasteiger partial charge in [0.25, 0.3) is 0 Å². The van der Waals surface area contributed by atoms with Crippen molar-refractivity contribution in [2.24, 2.45) is 5.92 Å². The van der Waals surface area contributed by atoms with Gasteiger partial charge in [0, 0.05) is 18.5 Å². The Kier molecular flexibility index (Phi) is 6.58. The number of carbonyl (C=O) groups excluding carboxylic acids is 1. The number of thiophene rings is 1. The van der Waals surface area contributed by atoms with Crippen molar-refractivity contribution >= 4 is 23.3 Å². The number of aliphatic carboxylic acids is 1. The summed E-state index contributed by atoms with van der Waals surface area (Å²) in [6.45, 7) is 3.80. The van der Waals surface area contributed by atoms with E-state index in [1.165, 1.54) is 4.90 Å². The molecule has 2 N–H and O–H groups in total. The SMILES string of the molecule is Cc1ccsc1C(Cc1ccccc1)NC(=O)N(C)CC(C)C(=O)O. The number of urea groups is 1. The van der Waals surface area contributed by atoms with E-state index in [9.17, 15) is 9.59 Å². The Morgan fingerprint density at radius 2 is 1.92 bits per heavy atom. The number of rotatable bonds is 7. The van der Waals surface area contributed by atoms with Gasteiger partial charge in [-0.25, -0.2) is 4.79 Å². The Morgan fingerprint density at radius 1 is 1.24 bits per heavy atom. The molecule has 6 heteroatoms. The maximum Gasteiger partial charge on any atom is 0.317 e. The van der Waals surface area contributed by atoms with E-state index < -0.39 is 11.9 Å². The van der Waals surface area contributed by atoms with Gasteiger partial charge in [0.15, 0.2) is 0 Å². The summed E-state index contributed by atoms with van der Waals surface area (Å²) in [5, 5.41) is 14.1. The molecule has 134 valence electrons. The second kappa shape index (κ2) is 8.67. The number of aryl methyl sites for hydroxylation is 1. The van der Waals surface area contributed by atoms with Crippen LogP contribution in [0.25, 0.3) is 0 Å². The molecule has 2 aromatic rings. The highest BCUT2D eigenvalue weighted by atomic mass is 32.1. The molecule has 2 amide bonds. The van der Waals surface area contributed by atoms with Gasteiger partial charge >= 0.3 is 12.0 Å². The zero-order valence-electron chi connectivity index (χ0n) is 14.7. The molecule has 0 fully saturated rings. The first-order valence-corrected chi connectivity index (χ1v) is 9.08. The van der Waals surface area contributed by atoms with Crippen molar-refractivity contribution in [3.63, 3.8) is 0 Å². The summed E-state index contributed by atoms with van der Waals surface area (Å²) in [5.74, 6) is -1.51. The van der Waals surface area contributed by atoms with E-state index in [1.807, 2.05) is 48.7 Å². The average molecular weight is 360 g/mol. The van der Waals surface area contributed by atoms with Gasteiger partial charge in [-0.2, -0.15) is 0 Å². The quantitative estimate of drug-likeness (QED) is 0.791. The topological polar surface area (TPSA) is 69.6 Å². The summed E-state index contributed by atoms with van der Waals surface area (Å²) >= 11 is 1.62. The second-order valence-electron chi connectivity index (χ2n) is 6.28. The van der Waals surface area contributed by atoms with Crippen LogP contribution in [0.5, 0.6) is 0 Å². The summed E-state index contributed by atoms with van der Waals surface area (Å²) in [6, 6.07) is 11.7. The molecule has 0 aliphatic carbocycles. The van der Waals surface area contributed by atoms with Gasteiger partial charge in [-0.05, 0) is 35.9 Å². The van der Waals surface area contributed by atoms with E-state index in [0.717, 1.165) is 16.0 Å². The van der Waals surface area contributed by atoms with Crippen LogP contribution in [-0.2, 0) is 11.2 Å². The third-order valence-corrected chi connectivity index (χ3v) is 5.25. The lowest BCUT2D eigenvalue weighted by molar-refractivity contribution is -0.141. The Labute approximate surface area is 152 Å². The number of nitrogens with one attached hydrogen (secondary N) is 1. The lowest BCUT2D eigenvalue weighted by Gasteiger charge is -2.25. The van der Waals surface area contributed by atoms with Crippen molar-refractivity contribution in [3.8, 4) is 0 Å². The zero-order valence-corrected chi connectivity index (χ0v) is 15.5. The van der Waals surface area contributed by atoms with Crippen LogP contribution in [0.2, 0.25) is 0 Å².